The Morgan fingerprint density at radius 3 is 1.77 bits per heavy atom. The molecule has 0 fully saturated rings. The van der Waals surface area contributed by atoms with Gasteiger partial charge in [0.1, 0.15) is 11.3 Å². The molecule has 0 spiro atoms. The van der Waals surface area contributed by atoms with E-state index in [-0.39, 0.29) is 17.3 Å². The Morgan fingerprint density at radius 1 is 0.769 bits per heavy atom. The minimum atomic E-state index is -1.54. The van der Waals surface area contributed by atoms with Crippen LogP contribution in [0.3, 0.4) is 0 Å². The number of imide groups is 1. The Hall–Kier alpha value is -3.73. The number of benzene rings is 3. The topological polar surface area (TPSA) is 135 Å². The molecular formula is C29H28N2O6S2. The van der Waals surface area contributed by atoms with Gasteiger partial charge in [-0.2, -0.15) is 0 Å². The Balaban J connectivity index is 1.88. The third-order valence-electron chi connectivity index (χ3n) is 5.74. The molecule has 0 aliphatic rings. The molecule has 0 aliphatic heterocycles. The van der Waals surface area contributed by atoms with Crippen molar-refractivity contribution in [3.05, 3.63) is 108 Å². The van der Waals surface area contributed by atoms with Gasteiger partial charge in [-0.15, -0.1) is 0 Å². The van der Waals surface area contributed by atoms with Gasteiger partial charge in [-0.25, -0.2) is 4.79 Å². The minimum Gasteiger partial charge on any atom is -0.480 e. The maximum absolute atomic E-state index is 13.8. The summed E-state index contributed by atoms with van der Waals surface area (Å²) in [5.74, 6) is -3.36. The van der Waals surface area contributed by atoms with Crippen LogP contribution in [0.25, 0.3) is 0 Å². The lowest BCUT2D eigenvalue weighted by Crippen LogP contribution is -2.56. The van der Waals surface area contributed by atoms with Gasteiger partial charge in [-0.1, -0.05) is 115 Å². The number of hydrogen-bond acceptors (Lipinski definition) is 8. The Labute approximate surface area is 235 Å². The molecule has 8 nitrogen and oxygen atoms in total. The van der Waals surface area contributed by atoms with E-state index in [1.807, 2.05) is 0 Å². The molecule has 3 N–H and O–H groups in total. The van der Waals surface area contributed by atoms with Gasteiger partial charge < -0.3 is 10.8 Å². The Kier molecular flexibility index (Phi) is 11.0. The predicted octanol–water partition coefficient (Wildman–Crippen LogP) is 3.90. The van der Waals surface area contributed by atoms with Crippen LogP contribution in [0.5, 0.6) is 0 Å². The van der Waals surface area contributed by atoms with Gasteiger partial charge in [0.2, 0.25) is 22.0 Å². The van der Waals surface area contributed by atoms with Gasteiger partial charge >= 0.3 is 5.97 Å². The van der Waals surface area contributed by atoms with E-state index in [4.69, 9.17) is 5.73 Å². The molecule has 3 rings (SSSR count). The number of nitrogens with two attached hydrogens (primary N) is 1. The smallest absolute Gasteiger partial charge is 0.326 e. The molecule has 2 amide bonds. The van der Waals surface area contributed by atoms with Crippen molar-refractivity contribution in [3.8, 4) is 0 Å². The number of carbonyl (C=O) groups is 5. The summed E-state index contributed by atoms with van der Waals surface area (Å²) in [6.07, 6.45) is 0.0811. The second kappa shape index (κ2) is 14.4. The van der Waals surface area contributed by atoms with E-state index in [1.165, 1.54) is 6.92 Å². The minimum absolute atomic E-state index is 0.0811. The van der Waals surface area contributed by atoms with Crippen LogP contribution >= 0.6 is 23.5 Å². The molecule has 202 valence electrons. The monoisotopic (exact) mass is 564 g/mol. The molecule has 0 aromatic heterocycles. The molecule has 0 radical (unpaired) electrons. The zero-order valence-electron chi connectivity index (χ0n) is 21.1. The number of nitrogens with zero attached hydrogens (tertiary/aromatic N) is 1. The largest absolute Gasteiger partial charge is 0.480 e. The fourth-order valence-electron chi connectivity index (χ4n) is 3.63. The summed E-state index contributed by atoms with van der Waals surface area (Å²) < 4.78 is 0. The average molecular weight is 565 g/mol. The van der Waals surface area contributed by atoms with E-state index in [1.54, 1.807) is 91.0 Å². The molecule has 3 aromatic rings. The van der Waals surface area contributed by atoms with Gasteiger partial charge in [0.05, 0.1) is 6.04 Å². The highest BCUT2D eigenvalue weighted by molar-refractivity contribution is 8.18. The normalized spacial score (nSPS) is 13.1. The van der Waals surface area contributed by atoms with E-state index in [0.29, 0.717) is 27.8 Å². The summed E-state index contributed by atoms with van der Waals surface area (Å²) in [4.78, 5) is 65.5. The SMILES string of the molecule is CC(C(=O)O)N(C(=O)C(N)Cc1ccccc1)C(=O)C(CSC(=O)c1ccccc1)SC(=O)c1ccccc1. The second-order valence-electron chi connectivity index (χ2n) is 8.58. The molecule has 10 heteroatoms. The average Bonchev–Trinajstić information content (AvgIpc) is 2.96. The van der Waals surface area contributed by atoms with Crippen molar-refractivity contribution in [1.82, 2.24) is 4.90 Å². The highest BCUT2D eigenvalue weighted by atomic mass is 32.2. The highest BCUT2D eigenvalue weighted by Crippen LogP contribution is 2.26. The lowest BCUT2D eigenvalue weighted by Gasteiger charge is -2.30. The molecule has 0 saturated heterocycles. The van der Waals surface area contributed by atoms with E-state index in [9.17, 15) is 29.1 Å². The van der Waals surface area contributed by atoms with Gasteiger partial charge in [0, 0.05) is 16.9 Å². The zero-order chi connectivity index (χ0) is 28.4. The number of thioether (sulfide) groups is 2. The first-order chi connectivity index (χ1) is 18.7. The highest BCUT2D eigenvalue weighted by Gasteiger charge is 2.39. The molecule has 3 atom stereocenters. The molecule has 0 aliphatic carbocycles. The summed E-state index contributed by atoms with van der Waals surface area (Å²) in [7, 11) is 0. The molecule has 3 unspecified atom stereocenters. The molecule has 3 aromatic carbocycles. The van der Waals surface area contributed by atoms with Crippen LogP contribution in [0.4, 0.5) is 0 Å². The van der Waals surface area contributed by atoms with Crippen LogP contribution in [-0.4, -0.2) is 61.1 Å². The molecular weight excluding hydrogens is 536 g/mol. The van der Waals surface area contributed by atoms with E-state index in [2.05, 4.69) is 0 Å². The molecule has 0 bridgehead atoms. The first-order valence-corrected chi connectivity index (χ1v) is 13.9. The van der Waals surface area contributed by atoms with Crippen LogP contribution in [-0.2, 0) is 20.8 Å². The number of carbonyl (C=O) groups excluding carboxylic acids is 4. The second-order valence-corrected chi connectivity index (χ2v) is 10.7. The number of amides is 2. The van der Waals surface area contributed by atoms with Gasteiger partial charge in [0.15, 0.2) is 0 Å². The predicted molar refractivity (Wildman–Crippen MR) is 152 cm³/mol. The number of rotatable bonds is 11. The Bertz CT molecular complexity index is 1310. The molecule has 0 heterocycles. The first-order valence-electron chi connectivity index (χ1n) is 12.1. The fraction of sp³-hybridized carbons (Fsp3) is 0.207. The lowest BCUT2D eigenvalue weighted by atomic mass is 10.0. The van der Waals surface area contributed by atoms with Gasteiger partial charge in [0.25, 0.3) is 0 Å². The quantitative estimate of drug-likeness (QED) is 0.355. The van der Waals surface area contributed by atoms with E-state index < -0.39 is 40.2 Å². The summed E-state index contributed by atoms with van der Waals surface area (Å²) in [5, 5.41) is 7.70. The van der Waals surface area contributed by atoms with Crippen LogP contribution in [0, 0.1) is 0 Å². The fourth-order valence-corrected chi connectivity index (χ4v) is 5.60. The van der Waals surface area contributed by atoms with Crippen molar-refractivity contribution in [2.75, 3.05) is 5.75 Å². The lowest BCUT2D eigenvalue weighted by molar-refractivity contribution is -0.157. The van der Waals surface area contributed by atoms with Crippen molar-refractivity contribution < 1.29 is 29.1 Å². The first kappa shape index (κ1) is 29.8. The molecule has 39 heavy (non-hydrogen) atoms. The van der Waals surface area contributed by atoms with Crippen molar-refractivity contribution >= 4 is 51.5 Å². The van der Waals surface area contributed by atoms with Crippen LogP contribution in [0.1, 0.15) is 33.2 Å². The summed E-state index contributed by atoms with van der Waals surface area (Å²) in [6.45, 7) is 1.20. The number of aliphatic carboxylic acids is 1. The molecule has 0 saturated carbocycles. The summed E-state index contributed by atoms with van der Waals surface area (Å²) in [5.41, 5.74) is 7.62. The Morgan fingerprint density at radius 2 is 1.26 bits per heavy atom. The van der Waals surface area contributed by atoms with Crippen molar-refractivity contribution in [1.29, 1.82) is 0 Å². The third kappa shape index (κ3) is 8.38. The van der Waals surface area contributed by atoms with Gasteiger partial charge in [-0.05, 0) is 18.9 Å². The maximum Gasteiger partial charge on any atom is 0.326 e. The van der Waals surface area contributed by atoms with Crippen LogP contribution in [0.2, 0.25) is 0 Å². The van der Waals surface area contributed by atoms with Crippen LogP contribution in [0.15, 0.2) is 91.0 Å². The number of carboxylic acid groups (broad SMARTS) is 1. The van der Waals surface area contributed by atoms with E-state index >= 15 is 0 Å². The van der Waals surface area contributed by atoms with Gasteiger partial charge in [-0.3, -0.25) is 24.1 Å². The van der Waals surface area contributed by atoms with Crippen molar-refractivity contribution in [2.24, 2.45) is 5.73 Å². The zero-order valence-corrected chi connectivity index (χ0v) is 22.8. The standard InChI is InChI=1S/C29H28N2O6S2/c1-19(27(34)35)31(25(32)23(30)17-20-11-5-2-6-12-20)26(33)24(39-29(37)22-15-9-4-10-16-22)18-38-28(36)21-13-7-3-8-14-21/h2-16,19,23-24H,17-18,30H2,1H3,(H,34,35). The van der Waals surface area contributed by atoms with Crippen LogP contribution < -0.4 is 5.73 Å². The van der Waals surface area contributed by atoms with Crippen molar-refractivity contribution in [2.45, 2.75) is 30.7 Å². The summed E-state index contributed by atoms with van der Waals surface area (Å²) in [6, 6.07) is 22.8. The van der Waals surface area contributed by atoms with E-state index in [0.717, 1.165) is 17.3 Å². The summed E-state index contributed by atoms with van der Waals surface area (Å²) >= 11 is 1.46. The number of hydrogen-bond donors (Lipinski definition) is 2. The maximum atomic E-state index is 13.8. The van der Waals surface area contributed by atoms with Crippen molar-refractivity contribution in [3.63, 3.8) is 0 Å². The number of carboxylic acids is 1. The third-order valence-corrected chi connectivity index (χ3v) is 8.06.